The number of nitrogens with zero attached hydrogens (tertiary/aromatic N) is 1. The van der Waals surface area contributed by atoms with E-state index in [0.29, 0.717) is 73.3 Å². The normalized spacial score (nSPS) is 16.1. The highest BCUT2D eigenvalue weighted by atomic mass is 16.6. The fourth-order valence-electron chi connectivity index (χ4n) is 4.11. The van der Waals surface area contributed by atoms with E-state index in [4.69, 9.17) is 18.9 Å². The number of carbonyl (C=O) groups is 2. The van der Waals surface area contributed by atoms with E-state index in [-0.39, 0.29) is 23.7 Å². The molecule has 1 amide bonds. The molecule has 0 radical (unpaired) electrons. The highest BCUT2D eigenvalue weighted by Gasteiger charge is 2.29. The molecule has 7 nitrogen and oxygen atoms in total. The van der Waals surface area contributed by atoms with E-state index in [1.54, 1.807) is 48.4 Å². The van der Waals surface area contributed by atoms with E-state index in [1.807, 2.05) is 13.8 Å². The number of hydrogen-bond donors (Lipinski definition) is 0. The van der Waals surface area contributed by atoms with Crippen molar-refractivity contribution < 1.29 is 28.5 Å². The molecule has 1 fully saturated rings. The van der Waals surface area contributed by atoms with Gasteiger partial charge in [-0.1, -0.05) is 0 Å². The minimum atomic E-state index is -0.113. The average Bonchev–Trinajstić information content (AvgIpc) is 2.83. The lowest BCUT2D eigenvalue weighted by molar-refractivity contribution is 0.0649. The molecule has 0 saturated carbocycles. The zero-order chi connectivity index (χ0) is 22.7. The maximum atomic E-state index is 13.0. The maximum Gasteiger partial charge on any atom is 0.253 e. The molecule has 0 aromatic heterocycles. The second kappa shape index (κ2) is 9.51. The number of amides is 1. The molecule has 1 saturated heterocycles. The van der Waals surface area contributed by atoms with Gasteiger partial charge in [0.25, 0.3) is 5.91 Å². The number of benzene rings is 2. The van der Waals surface area contributed by atoms with E-state index in [2.05, 4.69) is 0 Å². The van der Waals surface area contributed by atoms with Gasteiger partial charge in [0.2, 0.25) is 0 Å². The Morgan fingerprint density at radius 3 is 2.31 bits per heavy atom. The zero-order valence-corrected chi connectivity index (χ0v) is 18.8. The number of Topliss-reactive ketones (excluding diaryl/α,β-unsaturated/α-hetero) is 1. The maximum absolute atomic E-state index is 13.0. The van der Waals surface area contributed by atoms with Gasteiger partial charge in [0.1, 0.15) is 13.2 Å². The van der Waals surface area contributed by atoms with Gasteiger partial charge in [0, 0.05) is 30.1 Å². The fourth-order valence-corrected chi connectivity index (χ4v) is 4.11. The second-order valence-corrected chi connectivity index (χ2v) is 8.32. The molecule has 2 aromatic carbocycles. The highest BCUT2D eigenvalue weighted by molar-refractivity contribution is 5.99. The Labute approximate surface area is 188 Å². The van der Waals surface area contributed by atoms with Crippen LogP contribution in [0.4, 0.5) is 0 Å². The van der Waals surface area contributed by atoms with Crippen LogP contribution in [0.5, 0.6) is 23.0 Å². The van der Waals surface area contributed by atoms with Crippen molar-refractivity contribution >= 4 is 11.7 Å². The number of ketones is 1. The summed E-state index contributed by atoms with van der Waals surface area (Å²) < 4.78 is 22.3. The van der Waals surface area contributed by atoms with Crippen molar-refractivity contribution in [1.82, 2.24) is 4.90 Å². The van der Waals surface area contributed by atoms with Crippen LogP contribution >= 0.6 is 0 Å². The van der Waals surface area contributed by atoms with Crippen molar-refractivity contribution in [3.8, 4) is 23.0 Å². The van der Waals surface area contributed by atoms with Gasteiger partial charge in [0.15, 0.2) is 28.8 Å². The number of fused-ring (bicyclic) bond motifs is 1. The molecule has 2 aliphatic heterocycles. The largest absolute Gasteiger partial charge is 0.493 e. The standard InChI is InChI=1S/C25H29NO6/c1-16(2)32-21-7-5-19(15-22(21)29-3)25(28)26-10-8-17(9-11-26)24(27)18-4-6-20-23(14-18)31-13-12-30-20/h4-7,14-17H,8-13H2,1-3H3. The van der Waals surface area contributed by atoms with Crippen molar-refractivity contribution in [2.45, 2.75) is 32.8 Å². The van der Waals surface area contributed by atoms with Crippen LogP contribution in [-0.2, 0) is 0 Å². The minimum Gasteiger partial charge on any atom is -0.493 e. The third-order valence-electron chi connectivity index (χ3n) is 5.75. The summed E-state index contributed by atoms with van der Waals surface area (Å²) in [6.45, 7) is 5.95. The SMILES string of the molecule is COc1cc(C(=O)N2CCC(C(=O)c3ccc4c(c3)OCCO4)CC2)ccc1OC(C)C. The lowest BCUT2D eigenvalue weighted by atomic mass is 9.88. The Bertz CT molecular complexity index is 994. The molecule has 2 heterocycles. The van der Waals surface area contributed by atoms with Crippen LogP contribution in [0.3, 0.4) is 0 Å². The molecule has 0 unspecified atom stereocenters. The number of likely N-dealkylation sites (tertiary alicyclic amines) is 1. The molecule has 0 N–H and O–H groups in total. The highest BCUT2D eigenvalue weighted by Crippen LogP contribution is 2.33. The van der Waals surface area contributed by atoms with Gasteiger partial charge >= 0.3 is 0 Å². The summed E-state index contributed by atoms with van der Waals surface area (Å²) in [5.41, 5.74) is 1.18. The molecule has 170 valence electrons. The van der Waals surface area contributed by atoms with Crippen LogP contribution in [0.2, 0.25) is 0 Å². The number of ether oxygens (including phenoxy) is 4. The van der Waals surface area contributed by atoms with Crippen molar-refractivity contribution in [2.75, 3.05) is 33.4 Å². The second-order valence-electron chi connectivity index (χ2n) is 8.32. The number of rotatable bonds is 6. The third-order valence-corrected chi connectivity index (χ3v) is 5.75. The molecule has 0 spiro atoms. The summed E-state index contributed by atoms with van der Waals surface area (Å²) in [5, 5.41) is 0. The van der Waals surface area contributed by atoms with Gasteiger partial charge in [-0.2, -0.15) is 0 Å². The van der Waals surface area contributed by atoms with Crippen molar-refractivity contribution in [3.05, 3.63) is 47.5 Å². The average molecular weight is 440 g/mol. The van der Waals surface area contributed by atoms with Crippen molar-refractivity contribution in [3.63, 3.8) is 0 Å². The molecule has 0 bridgehead atoms. The quantitative estimate of drug-likeness (QED) is 0.634. The molecule has 0 aliphatic carbocycles. The first-order valence-corrected chi connectivity index (χ1v) is 11.0. The fraction of sp³-hybridized carbons (Fsp3) is 0.440. The minimum absolute atomic E-state index is 0.0104. The Morgan fingerprint density at radius 1 is 0.938 bits per heavy atom. The lowest BCUT2D eigenvalue weighted by Crippen LogP contribution is -2.40. The van der Waals surface area contributed by atoms with E-state index in [1.165, 1.54) is 0 Å². The monoisotopic (exact) mass is 439 g/mol. The summed E-state index contributed by atoms with van der Waals surface area (Å²) in [7, 11) is 1.56. The summed E-state index contributed by atoms with van der Waals surface area (Å²) in [6, 6.07) is 10.6. The Hall–Kier alpha value is -3.22. The lowest BCUT2D eigenvalue weighted by Gasteiger charge is -2.31. The zero-order valence-electron chi connectivity index (χ0n) is 18.8. The van der Waals surface area contributed by atoms with Gasteiger partial charge in [-0.15, -0.1) is 0 Å². The van der Waals surface area contributed by atoms with Crippen LogP contribution in [0, 0.1) is 5.92 Å². The van der Waals surface area contributed by atoms with Crippen LogP contribution in [0.15, 0.2) is 36.4 Å². The molecule has 0 atom stereocenters. The van der Waals surface area contributed by atoms with Gasteiger partial charge in [-0.25, -0.2) is 0 Å². The first-order chi connectivity index (χ1) is 15.5. The van der Waals surface area contributed by atoms with Crippen molar-refractivity contribution in [1.29, 1.82) is 0 Å². The number of hydrogen-bond acceptors (Lipinski definition) is 6. The molecule has 2 aromatic rings. The molecule has 4 rings (SSSR count). The van der Waals surface area contributed by atoms with E-state index in [0.717, 1.165) is 0 Å². The van der Waals surface area contributed by atoms with E-state index in [9.17, 15) is 9.59 Å². The van der Waals surface area contributed by atoms with Gasteiger partial charge in [0.05, 0.1) is 13.2 Å². The third kappa shape index (κ3) is 4.66. The Morgan fingerprint density at radius 2 is 1.62 bits per heavy atom. The number of piperidine rings is 1. The van der Waals surface area contributed by atoms with Gasteiger partial charge in [-0.05, 0) is 63.1 Å². The Balaban J connectivity index is 1.39. The van der Waals surface area contributed by atoms with Crippen LogP contribution in [0.1, 0.15) is 47.4 Å². The van der Waals surface area contributed by atoms with E-state index < -0.39 is 0 Å². The number of carbonyl (C=O) groups excluding carboxylic acids is 2. The molecular formula is C25H29NO6. The number of methoxy groups -OCH3 is 1. The predicted octanol–water partition coefficient (Wildman–Crippen LogP) is 3.99. The van der Waals surface area contributed by atoms with Gasteiger partial charge in [-0.3, -0.25) is 9.59 Å². The van der Waals surface area contributed by atoms with Crippen LogP contribution in [-0.4, -0.2) is 56.1 Å². The molecule has 32 heavy (non-hydrogen) atoms. The first kappa shape index (κ1) is 22.0. The first-order valence-electron chi connectivity index (χ1n) is 11.0. The summed E-state index contributed by atoms with van der Waals surface area (Å²) >= 11 is 0. The predicted molar refractivity (Wildman–Crippen MR) is 119 cm³/mol. The van der Waals surface area contributed by atoms with Crippen LogP contribution in [0.25, 0.3) is 0 Å². The molecule has 7 heteroatoms. The Kier molecular flexibility index (Phi) is 6.53. The van der Waals surface area contributed by atoms with E-state index >= 15 is 0 Å². The van der Waals surface area contributed by atoms with Crippen molar-refractivity contribution in [2.24, 2.45) is 5.92 Å². The topological polar surface area (TPSA) is 74.3 Å². The molecular weight excluding hydrogens is 410 g/mol. The summed E-state index contributed by atoms with van der Waals surface area (Å²) in [5.74, 6) is 2.35. The molecule has 2 aliphatic rings. The summed E-state index contributed by atoms with van der Waals surface area (Å²) in [6.07, 6.45) is 1.27. The smallest absolute Gasteiger partial charge is 0.253 e. The summed E-state index contributed by atoms with van der Waals surface area (Å²) in [4.78, 5) is 27.8. The van der Waals surface area contributed by atoms with Crippen LogP contribution < -0.4 is 18.9 Å². The van der Waals surface area contributed by atoms with Gasteiger partial charge < -0.3 is 23.8 Å².